The van der Waals surface area contributed by atoms with Gasteiger partial charge < -0.3 is 9.64 Å². The molecule has 0 radical (unpaired) electrons. The number of halogens is 4. The second-order valence-corrected chi connectivity index (χ2v) is 6.47. The molecule has 0 aliphatic rings. The van der Waals surface area contributed by atoms with Gasteiger partial charge in [-0.2, -0.15) is 13.2 Å². The first-order valence-corrected chi connectivity index (χ1v) is 8.75. The normalized spacial score (nSPS) is 12.5. The van der Waals surface area contributed by atoms with Gasteiger partial charge in [0.05, 0.1) is 17.2 Å². The van der Waals surface area contributed by atoms with E-state index in [4.69, 9.17) is 4.74 Å². The van der Waals surface area contributed by atoms with E-state index in [9.17, 15) is 18.0 Å². The average Bonchev–Trinajstić information content (AvgIpc) is 2.60. The number of carbonyl (C=O) groups is 1. The zero-order valence-electron chi connectivity index (χ0n) is 14.3. The molecule has 2 aromatic rings. The smallest absolute Gasteiger partial charge is 0.417 e. The van der Waals surface area contributed by atoms with Crippen molar-refractivity contribution in [1.29, 1.82) is 0 Å². The number of ether oxygens (including phenoxy) is 1. The topological polar surface area (TPSA) is 42.4 Å². The number of nitrogens with zero attached hydrogens (tertiary/aromatic N) is 2. The second kappa shape index (κ2) is 8.53. The summed E-state index contributed by atoms with van der Waals surface area (Å²) in [4.78, 5) is 18.0. The lowest BCUT2D eigenvalue weighted by Gasteiger charge is -2.28. The summed E-state index contributed by atoms with van der Waals surface area (Å²) in [5.74, 6) is -0.0781. The van der Waals surface area contributed by atoms with Crippen molar-refractivity contribution in [3.05, 3.63) is 58.2 Å². The van der Waals surface area contributed by atoms with E-state index in [1.165, 1.54) is 6.07 Å². The highest BCUT2D eigenvalue weighted by Gasteiger charge is 2.30. The number of amides is 1. The van der Waals surface area contributed by atoms with Crippen LogP contribution in [-0.4, -0.2) is 35.0 Å². The van der Waals surface area contributed by atoms with Crippen LogP contribution in [0.4, 0.5) is 13.2 Å². The first-order valence-electron chi connectivity index (χ1n) is 7.95. The first kappa shape index (κ1) is 20.2. The molecule has 0 aliphatic heterocycles. The summed E-state index contributed by atoms with van der Waals surface area (Å²) in [6.45, 7) is 4.23. The Bertz CT molecular complexity index is 751. The first-order chi connectivity index (χ1) is 12.2. The van der Waals surface area contributed by atoms with Gasteiger partial charge >= 0.3 is 6.18 Å². The molecule has 0 fully saturated rings. The van der Waals surface area contributed by atoms with Gasteiger partial charge in [-0.3, -0.25) is 4.79 Å². The Morgan fingerprint density at radius 1 is 1.27 bits per heavy atom. The molecule has 1 unspecified atom stereocenters. The van der Waals surface area contributed by atoms with E-state index in [1.807, 2.05) is 19.9 Å². The molecule has 4 nitrogen and oxygen atoms in total. The molecule has 0 spiro atoms. The fraction of sp³-hybridized carbons (Fsp3) is 0.333. The summed E-state index contributed by atoms with van der Waals surface area (Å²) >= 11 is 3.36. The highest BCUT2D eigenvalue weighted by Crippen LogP contribution is 2.29. The van der Waals surface area contributed by atoms with Gasteiger partial charge in [0, 0.05) is 23.3 Å². The van der Waals surface area contributed by atoms with Crippen LogP contribution in [0.5, 0.6) is 5.88 Å². The Balaban J connectivity index is 2.02. The summed E-state index contributed by atoms with van der Waals surface area (Å²) in [5.41, 5.74) is -0.300. The third-order valence-corrected chi connectivity index (χ3v) is 4.47. The number of benzene rings is 1. The molecule has 0 saturated heterocycles. The number of aromatic nitrogens is 1. The molecule has 2 rings (SSSR count). The fourth-order valence-corrected chi connectivity index (χ4v) is 2.83. The van der Waals surface area contributed by atoms with Crippen LogP contribution in [0.25, 0.3) is 0 Å². The largest absolute Gasteiger partial charge is 0.475 e. The van der Waals surface area contributed by atoms with E-state index in [1.54, 1.807) is 23.1 Å². The molecule has 1 aromatic heterocycles. The van der Waals surface area contributed by atoms with Crippen molar-refractivity contribution < 1.29 is 22.7 Å². The van der Waals surface area contributed by atoms with E-state index < -0.39 is 11.7 Å². The van der Waals surface area contributed by atoms with E-state index in [2.05, 4.69) is 20.9 Å². The van der Waals surface area contributed by atoms with E-state index in [-0.39, 0.29) is 24.4 Å². The Kier molecular flexibility index (Phi) is 6.63. The van der Waals surface area contributed by atoms with Crippen molar-refractivity contribution in [2.24, 2.45) is 0 Å². The minimum absolute atomic E-state index is 0.0780. The van der Waals surface area contributed by atoms with Crippen molar-refractivity contribution in [3.63, 3.8) is 0 Å². The summed E-state index contributed by atoms with van der Waals surface area (Å²) in [7, 11) is 0. The van der Waals surface area contributed by atoms with Crippen LogP contribution in [0.15, 0.2) is 47.1 Å². The van der Waals surface area contributed by atoms with Crippen molar-refractivity contribution in [1.82, 2.24) is 9.88 Å². The lowest BCUT2D eigenvalue weighted by Crippen LogP contribution is -2.42. The van der Waals surface area contributed by atoms with E-state index in [0.717, 1.165) is 12.3 Å². The van der Waals surface area contributed by atoms with Gasteiger partial charge in [-0.1, -0.05) is 12.1 Å². The number of hydrogen-bond acceptors (Lipinski definition) is 3. The lowest BCUT2D eigenvalue weighted by atomic mass is 10.1. The minimum atomic E-state index is -4.44. The Hall–Kier alpha value is -2.09. The maximum absolute atomic E-state index is 12.7. The predicted molar refractivity (Wildman–Crippen MR) is 95.0 cm³/mol. The Morgan fingerprint density at radius 3 is 2.50 bits per heavy atom. The van der Waals surface area contributed by atoms with Crippen molar-refractivity contribution >= 4 is 21.8 Å². The van der Waals surface area contributed by atoms with Crippen LogP contribution in [-0.2, 0) is 6.18 Å². The zero-order chi connectivity index (χ0) is 19.3. The van der Waals surface area contributed by atoms with Crippen LogP contribution in [0.1, 0.15) is 29.8 Å². The number of alkyl halides is 3. The molecule has 26 heavy (non-hydrogen) atoms. The molecule has 0 saturated carbocycles. The molecular formula is C18H18BrF3N2O2. The highest BCUT2D eigenvalue weighted by molar-refractivity contribution is 9.10. The molecule has 0 N–H and O–H groups in total. The van der Waals surface area contributed by atoms with Crippen molar-refractivity contribution in [3.8, 4) is 5.88 Å². The number of rotatable bonds is 6. The monoisotopic (exact) mass is 430 g/mol. The van der Waals surface area contributed by atoms with Gasteiger partial charge in [-0.15, -0.1) is 0 Å². The molecule has 1 aromatic carbocycles. The molecule has 0 aliphatic carbocycles. The molecule has 140 valence electrons. The Morgan fingerprint density at radius 2 is 1.96 bits per heavy atom. The van der Waals surface area contributed by atoms with Gasteiger partial charge in [-0.25, -0.2) is 4.98 Å². The number of pyridine rings is 1. The maximum atomic E-state index is 12.7. The maximum Gasteiger partial charge on any atom is 0.417 e. The van der Waals surface area contributed by atoms with E-state index in [0.29, 0.717) is 16.6 Å². The summed E-state index contributed by atoms with van der Waals surface area (Å²) < 4.78 is 43.8. The highest BCUT2D eigenvalue weighted by atomic mass is 79.9. The van der Waals surface area contributed by atoms with Gasteiger partial charge in [0.25, 0.3) is 5.91 Å². The molecule has 8 heteroatoms. The second-order valence-electron chi connectivity index (χ2n) is 5.61. The molecular weight excluding hydrogens is 413 g/mol. The lowest BCUT2D eigenvalue weighted by molar-refractivity contribution is -0.137. The molecule has 1 atom stereocenters. The summed E-state index contributed by atoms with van der Waals surface area (Å²) in [6.07, 6.45) is -3.71. The quantitative estimate of drug-likeness (QED) is 0.661. The van der Waals surface area contributed by atoms with Crippen LogP contribution in [0, 0.1) is 0 Å². The number of likely N-dealkylation sites (N-methyl/N-ethyl adjacent to an activating group) is 1. The standard InChI is InChI=1S/C18H18BrF3N2O2/c1-3-24(17(25)14-6-4-5-7-15(14)19)12(2)11-26-16-9-8-13(10-23-16)18(20,21)22/h4-10,12H,3,11H2,1-2H3. The van der Waals surface area contributed by atoms with Crippen LogP contribution >= 0.6 is 15.9 Å². The third-order valence-electron chi connectivity index (χ3n) is 3.77. The van der Waals surface area contributed by atoms with Crippen LogP contribution in [0.2, 0.25) is 0 Å². The van der Waals surface area contributed by atoms with Crippen molar-refractivity contribution in [2.75, 3.05) is 13.2 Å². The summed E-state index contributed by atoms with van der Waals surface area (Å²) in [6, 6.07) is 8.90. The summed E-state index contributed by atoms with van der Waals surface area (Å²) in [5, 5.41) is 0. The fourth-order valence-electron chi connectivity index (χ4n) is 2.37. The van der Waals surface area contributed by atoms with Crippen molar-refractivity contribution in [2.45, 2.75) is 26.1 Å². The zero-order valence-corrected chi connectivity index (χ0v) is 15.8. The van der Waals surface area contributed by atoms with Crippen LogP contribution < -0.4 is 4.74 Å². The number of hydrogen-bond donors (Lipinski definition) is 0. The SMILES string of the molecule is CCN(C(=O)c1ccccc1Br)C(C)COc1ccc(C(F)(F)F)cn1. The van der Waals surface area contributed by atoms with E-state index >= 15 is 0 Å². The molecule has 0 bridgehead atoms. The van der Waals surface area contributed by atoms with Gasteiger partial charge in [-0.05, 0) is 48.0 Å². The van der Waals surface area contributed by atoms with Gasteiger partial charge in [0.15, 0.2) is 0 Å². The number of carbonyl (C=O) groups excluding carboxylic acids is 1. The van der Waals surface area contributed by atoms with Gasteiger partial charge in [0.2, 0.25) is 5.88 Å². The molecule has 1 heterocycles. The Labute approximate surface area is 158 Å². The van der Waals surface area contributed by atoms with Crippen LogP contribution in [0.3, 0.4) is 0 Å². The minimum Gasteiger partial charge on any atom is -0.475 e. The predicted octanol–water partition coefficient (Wildman–Crippen LogP) is 4.79. The third kappa shape index (κ3) is 4.97. The molecule has 1 amide bonds. The average molecular weight is 431 g/mol. The van der Waals surface area contributed by atoms with Gasteiger partial charge in [0.1, 0.15) is 6.61 Å².